The van der Waals surface area contributed by atoms with Crippen molar-refractivity contribution in [2.75, 3.05) is 39.8 Å². The molecule has 1 saturated heterocycles. The molecule has 1 aliphatic heterocycles. The topological polar surface area (TPSA) is 44.8 Å². The molecule has 0 aliphatic carbocycles. The van der Waals surface area contributed by atoms with Crippen LogP contribution in [-0.2, 0) is 24.1 Å². The standard InChI is InChI=1S/C22H26F3N3O2/c1-30-20-7-5-17(6-8-20)14-26-21(29)16-28-11-9-27(10-12-28)15-18-3-2-4-19(13-18)22(23,24)25/h2-8,13H,9-12,14-16H2,1H3,(H,26,29). The molecule has 0 bridgehead atoms. The van der Waals surface area contributed by atoms with Gasteiger partial charge in [-0.05, 0) is 29.3 Å². The van der Waals surface area contributed by atoms with Gasteiger partial charge >= 0.3 is 6.18 Å². The van der Waals surface area contributed by atoms with E-state index in [2.05, 4.69) is 15.1 Å². The first-order valence-electron chi connectivity index (χ1n) is 9.84. The Labute approximate surface area is 174 Å². The number of alkyl halides is 3. The van der Waals surface area contributed by atoms with Crippen molar-refractivity contribution < 1.29 is 22.7 Å². The predicted molar refractivity (Wildman–Crippen MR) is 108 cm³/mol. The molecule has 3 rings (SSSR count). The van der Waals surface area contributed by atoms with Crippen LogP contribution in [0.3, 0.4) is 0 Å². The molecule has 1 fully saturated rings. The zero-order chi connectivity index (χ0) is 21.6. The van der Waals surface area contributed by atoms with Crippen LogP contribution >= 0.6 is 0 Å². The molecule has 1 N–H and O–H groups in total. The lowest BCUT2D eigenvalue weighted by atomic mass is 10.1. The van der Waals surface area contributed by atoms with Crippen LogP contribution in [0.25, 0.3) is 0 Å². The maximum Gasteiger partial charge on any atom is 0.416 e. The predicted octanol–water partition coefficient (Wildman–Crippen LogP) is 3.15. The Hall–Kier alpha value is -2.58. The maximum atomic E-state index is 12.9. The van der Waals surface area contributed by atoms with Gasteiger partial charge in [-0.15, -0.1) is 0 Å². The fourth-order valence-corrected chi connectivity index (χ4v) is 3.41. The van der Waals surface area contributed by atoms with E-state index in [-0.39, 0.29) is 5.91 Å². The van der Waals surface area contributed by atoms with E-state index < -0.39 is 11.7 Å². The van der Waals surface area contributed by atoms with E-state index >= 15 is 0 Å². The second-order valence-electron chi connectivity index (χ2n) is 7.38. The molecule has 0 unspecified atom stereocenters. The van der Waals surface area contributed by atoms with Gasteiger partial charge in [0.2, 0.25) is 5.91 Å². The van der Waals surface area contributed by atoms with E-state index in [1.54, 1.807) is 13.2 Å². The normalized spacial score (nSPS) is 15.7. The quantitative estimate of drug-likeness (QED) is 0.746. The largest absolute Gasteiger partial charge is 0.497 e. The Bertz CT molecular complexity index is 832. The van der Waals surface area contributed by atoms with Crippen molar-refractivity contribution >= 4 is 5.91 Å². The minimum absolute atomic E-state index is 0.0443. The first-order chi connectivity index (χ1) is 14.3. The third-order valence-electron chi connectivity index (χ3n) is 5.14. The monoisotopic (exact) mass is 421 g/mol. The van der Waals surface area contributed by atoms with Crippen LogP contribution in [0.2, 0.25) is 0 Å². The Kier molecular flexibility index (Phi) is 7.33. The minimum Gasteiger partial charge on any atom is -0.497 e. The van der Waals surface area contributed by atoms with Crippen molar-refractivity contribution in [3.05, 3.63) is 65.2 Å². The van der Waals surface area contributed by atoms with E-state index in [4.69, 9.17) is 4.74 Å². The summed E-state index contributed by atoms with van der Waals surface area (Å²) in [6.07, 6.45) is -4.33. The molecule has 162 valence electrons. The van der Waals surface area contributed by atoms with Gasteiger partial charge in [0.1, 0.15) is 5.75 Å². The molecule has 30 heavy (non-hydrogen) atoms. The van der Waals surface area contributed by atoms with Crippen LogP contribution < -0.4 is 10.1 Å². The number of carbonyl (C=O) groups excluding carboxylic acids is 1. The van der Waals surface area contributed by atoms with Crippen LogP contribution in [-0.4, -0.2) is 55.5 Å². The first-order valence-corrected chi connectivity index (χ1v) is 9.84. The summed E-state index contributed by atoms with van der Waals surface area (Å²) in [6, 6.07) is 13.0. The Morgan fingerprint density at radius 1 is 1.00 bits per heavy atom. The highest BCUT2D eigenvalue weighted by molar-refractivity contribution is 5.78. The highest BCUT2D eigenvalue weighted by Gasteiger charge is 2.30. The number of amides is 1. The average molecular weight is 421 g/mol. The van der Waals surface area contributed by atoms with Crippen molar-refractivity contribution in [2.45, 2.75) is 19.3 Å². The molecule has 0 saturated carbocycles. The molecule has 1 aliphatic rings. The molecule has 0 radical (unpaired) electrons. The summed E-state index contributed by atoms with van der Waals surface area (Å²) in [4.78, 5) is 16.4. The molecule has 1 heterocycles. The van der Waals surface area contributed by atoms with Crippen molar-refractivity contribution in [1.29, 1.82) is 0 Å². The van der Waals surface area contributed by atoms with Gasteiger partial charge in [-0.2, -0.15) is 13.2 Å². The number of halogens is 3. The lowest BCUT2D eigenvalue weighted by Crippen LogP contribution is -2.49. The summed E-state index contributed by atoms with van der Waals surface area (Å²) in [5, 5.41) is 2.91. The number of nitrogens with zero attached hydrogens (tertiary/aromatic N) is 2. The smallest absolute Gasteiger partial charge is 0.416 e. The van der Waals surface area contributed by atoms with Gasteiger partial charge in [-0.3, -0.25) is 14.6 Å². The van der Waals surface area contributed by atoms with Gasteiger partial charge < -0.3 is 10.1 Å². The number of rotatable bonds is 7. The molecule has 2 aromatic carbocycles. The SMILES string of the molecule is COc1ccc(CNC(=O)CN2CCN(Cc3cccc(C(F)(F)F)c3)CC2)cc1. The number of hydrogen-bond donors (Lipinski definition) is 1. The molecule has 0 atom stereocenters. The van der Waals surface area contributed by atoms with Gasteiger partial charge in [0, 0.05) is 39.3 Å². The molecule has 5 nitrogen and oxygen atoms in total. The van der Waals surface area contributed by atoms with Crippen molar-refractivity contribution in [3.63, 3.8) is 0 Å². The van der Waals surface area contributed by atoms with Crippen LogP contribution in [0.5, 0.6) is 5.75 Å². The first kappa shape index (κ1) is 22.1. The fourth-order valence-electron chi connectivity index (χ4n) is 3.41. The molecule has 1 amide bonds. The van der Waals surface area contributed by atoms with Crippen LogP contribution in [0.4, 0.5) is 13.2 Å². The maximum absolute atomic E-state index is 12.9. The number of methoxy groups -OCH3 is 1. The zero-order valence-electron chi connectivity index (χ0n) is 16.9. The Morgan fingerprint density at radius 2 is 1.67 bits per heavy atom. The summed E-state index contributed by atoms with van der Waals surface area (Å²) >= 11 is 0. The number of carbonyl (C=O) groups is 1. The number of nitrogens with one attached hydrogen (secondary N) is 1. The molecular weight excluding hydrogens is 395 g/mol. The summed E-state index contributed by atoms with van der Waals surface area (Å²) in [7, 11) is 1.61. The minimum atomic E-state index is -4.33. The van der Waals surface area contributed by atoms with Gasteiger partial charge in [0.15, 0.2) is 0 Å². The summed E-state index contributed by atoms with van der Waals surface area (Å²) in [5.41, 5.74) is 1.03. The molecule has 2 aromatic rings. The van der Waals surface area contributed by atoms with E-state index in [9.17, 15) is 18.0 Å². The third kappa shape index (κ3) is 6.47. The van der Waals surface area contributed by atoms with Crippen molar-refractivity contribution in [2.24, 2.45) is 0 Å². The number of piperazine rings is 1. The fraction of sp³-hybridized carbons (Fsp3) is 0.409. The van der Waals surface area contributed by atoms with Gasteiger partial charge in [0.05, 0.1) is 19.2 Å². The van der Waals surface area contributed by atoms with E-state index in [0.29, 0.717) is 51.4 Å². The second-order valence-corrected chi connectivity index (χ2v) is 7.38. The number of hydrogen-bond acceptors (Lipinski definition) is 4. The van der Waals surface area contributed by atoms with Gasteiger partial charge in [-0.1, -0.05) is 30.3 Å². The van der Waals surface area contributed by atoms with Gasteiger partial charge in [0.25, 0.3) is 0 Å². The summed E-state index contributed by atoms with van der Waals surface area (Å²) < 4.78 is 43.7. The lowest BCUT2D eigenvalue weighted by Gasteiger charge is -2.34. The average Bonchev–Trinajstić information content (AvgIpc) is 2.74. The van der Waals surface area contributed by atoms with E-state index in [1.807, 2.05) is 24.3 Å². The van der Waals surface area contributed by atoms with E-state index in [1.165, 1.54) is 12.1 Å². The lowest BCUT2D eigenvalue weighted by molar-refractivity contribution is -0.137. The molecule has 0 aromatic heterocycles. The van der Waals surface area contributed by atoms with Crippen LogP contribution in [0.15, 0.2) is 48.5 Å². The number of ether oxygens (including phenoxy) is 1. The molecular formula is C22H26F3N3O2. The van der Waals surface area contributed by atoms with E-state index in [0.717, 1.165) is 17.4 Å². The number of benzene rings is 2. The summed E-state index contributed by atoms with van der Waals surface area (Å²) in [6.45, 7) is 4.07. The molecule has 8 heteroatoms. The summed E-state index contributed by atoms with van der Waals surface area (Å²) in [5.74, 6) is 0.727. The molecule has 0 spiro atoms. The highest BCUT2D eigenvalue weighted by atomic mass is 19.4. The Balaban J connectivity index is 1.40. The third-order valence-corrected chi connectivity index (χ3v) is 5.14. The van der Waals surface area contributed by atoms with Crippen molar-refractivity contribution in [3.8, 4) is 5.75 Å². The van der Waals surface area contributed by atoms with Gasteiger partial charge in [-0.25, -0.2) is 0 Å². The zero-order valence-corrected chi connectivity index (χ0v) is 16.9. The second kappa shape index (κ2) is 9.95. The van der Waals surface area contributed by atoms with Crippen molar-refractivity contribution in [1.82, 2.24) is 15.1 Å². The Morgan fingerprint density at radius 3 is 2.30 bits per heavy atom. The highest BCUT2D eigenvalue weighted by Crippen LogP contribution is 2.29. The van der Waals surface area contributed by atoms with Crippen LogP contribution in [0.1, 0.15) is 16.7 Å². The van der Waals surface area contributed by atoms with Crippen LogP contribution in [0, 0.1) is 0 Å².